The molecule has 1 amide bonds. The number of likely N-dealkylation sites (tertiary alicyclic amines) is 1. The number of fused-ring (bicyclic) bond motifs is 1. The van der Waals surface area contributed by atoms with Crippen molar-refractivity contribution in [1.82, 2.24) is 14.7 Å². The van der Waals surface area contributed by atoms with E-state index in [0.717, 1.165) is 10.3 Å². The van der Waals surface area contributed by atoms with Crippen LogP contribution in [0.4, 0.5) is 13.2 Å². The number of carboxylic acids is 1. The van der Waals surface area contributed by atoms with Crippen LogP contribution in [0.5, 0.6) is 0 Å². The topological polar surface area (TPSA) is 75.4 Å². The lowest BCUT2D eigenvalue weighted by atomic mass is 9.88. The Morgan fingerprint density at radius 2 is 1.96 bits per heavy atom. The Morgan fingerprint density at radius 1 is 1.24 bits per heavy atom. The number of alkyl halides is 3. The van der Waals surface area contributed by atoms with E-state index in [1.807, 2.05) is 12.1 Å². The van der Waals surface area contributed by atoms with Crippen molar-refractivity contribution >= 4 is 22.8 Å². The quantitative estimate of drug-likeness (QED) is 0.915. The number of carbonyl (C=O) groups excluding carboxylic acids is 1. The van der Waals surface area contributed by atoms with Gasteiger partial charge in [0.25, 0.3) is 0 Å². The van der Waals surface area contributed by atoms with Crippen molar-refractivity contribution in [2.45, 2.75) is 19.1 Å². The molecule has 0 unspecified atom stereocenters. The van der Waals surface area contributed by atoms with E-state index in [9.17, 15) is 22.8 Å². The maximum absolute atomic E-state index is 13.0. The van der Waals surface area contributed by atoms with Crippen molar-refractivity contribution in [2.24, 2.45) is 11.8 Å². The summed E-state index contributed by atoms with van der Waals surface area (Å²) in [4.78, 5) is 24.5. The molecule has 6 nitrogen and oxygen atoms in total. The molecular weight excluding hydrogens is 339 g/mol. The molecular formula is C16H16F3N3O3. The zero-order chi connectivity index (χ0) is 18.2. The summed E-state index contributed by atoms with van der Waals surface area (Å²) in [5.41, 5.74) is 0.672. The zero-order valence-corrected chi connectivity index (χ0v) is 13.1. The summed E-state index contributed by atoms with van der Waals surface area (Å²) in [6.45, 7) is -0.972. The van der Waals surface area contributed by atoms with Crippen molar-refractivity contribution in [3.63, 3.8) is 0 Å². The van der Waals surface area contributed by atoms with E-state index in [1.54, 1.807) is 18.3 Å². The third kappa shape index (κ3) is 3.75. The van der Waals surface area contributed by atoms with Crippen molar-refractivity contribution < 1.29 is 27.9 Å². The Kier molecular flexibility index (Phi) is 4.40. The van der Waals surface area contributed by atoms with Crippen molar-refractivity contribution in [2.75, 3.05) is 13.1 Å². The summed E-state index contributed by atoms with van der Waals surface area (Å²) in [6.07, 6.45) is -3.41. The molecule has 0 aliphatic carbocycles. The highest BCUT2D eigenvalue weighted by Gasteiger charge is 2.47. The minimum atomic E-state index is -4.53. The summed E-state index contributed by atoms with van der Waals surface area (Å²) >= 11 is 0. The highest BCUT2D eigenvalue weighted by Crippen LogP contribution is 2.35. The van der Waals surface area contributed by atoms with Gasteiger partial charge < -0.3 is 10.0 Å². The first-order valence-corrected chi connectivity index (χ1v) is 7.73. The number of aliphatic carboxylic acids is 1. The number of halogens is 3. The van der Waals surface area contributed by atoms with Crippen LogP contribution in [0.1, 0.15) is 6.42 Å². The van der Waals surface area contributed by atoms with Gasteiger partial charge in [-0.3, -0.25) is 14.3 Å². The van der Waals surface area contributed by atoms with Crippen LogP contribution in [0.2, 0.25) is 0 Å². The van der Waals surface area contributed by atoms with E-state index in [1.165, 1.54) is 4.68 Å². The molecule has 1 saturated heterocycles. The van der Waals surface area contributed by atoms with E-state index >= 15 is 0 Å². The number of benzene rings is 1. The molecule has 3 rings (SSSR count). The SMILES string of the molecule is O=C(O)[C@@H]1C[C@H](C(F)(F)F)CN(C(=O)Cn2cc3ccccc3n2)C1. The van der Waals surface area contributed by atoms with Crippen LogP contribution in [-0.4, -0.2) is 50.9 Å². The lowest BCUT2D eigenvalue weighted by Gasteiger charge is -2.36. The van der Waals surface area contributed by atoms with Crippen LogP contribution in [0, 0.1) is 11.8 Å². The highest BCUT2D eigenvalue weighted by molar-refractivity contribution is 5.80. The average molecular weight is 355 g/mol. The first-order chi connectivity index (χ1) is 11.7. The molecule has 1 aromatic heterocycles. The Balaban J connectivity index is 1.76. The van der Waals surface area contributed by atoms with Gasteiger partial charge in [0.05, 0.1) is 17.4 Å². The third-order valence-corrected chi connectivity index (χ3v) is 4.37. The molecule has 1 aromatic carbocycles. The maximum atomic E-state index is 13.0. The van der Waals surface area contributed by atoms with Gasteiger partial charge in [0.15, 0.2) is 0 Å². The van der Waals surface area contributed by atoms with Gasteiger partial charge in [-0.1, -0.05) is 18.2 Å². The largest absolute Gasteiger partial charge is 0.481 e. The number of nitrogens with zero attached hydrogens (tertiary/aromatic N) is 3. The molecule has 134 valence electrons. The number of carboxylic acid groups (broad SMARTS) is 1. The molecule has 1 N–H and O–H groups in total. The standard InChI is InChI=1S/C16H16F3N3O3/c17-16(18,19)12-5-11(15(24)25)6-21(8-12)14(23)9-22-7-10-3-1-2-4-13(10)20-22/h1-4,7,11-12H,5-6,8-9H2,(H,24,25)/t11-,12+/m1/s1. The smallest absolute Gasteiger partial charge is 0.393 e. The van der Waals surface area contributed by atoms with Crippen LogP contribution in [0.25, 0.3) is 10.9 Å². The Labute approximate surface area is 140 Å². The van der Waals surface area contributed by atoms with Crippen LogP contribution in [-0.2, 0) is 16.1 Å². The predicted octanol–water partition coefficient (Wildman–Crippen LogP) is 2.15. The molecule has 25 heavy (non-hydrogen) atoms. The molecule has 2 atom stereocenters. The summed E-state index contributed by atoms with van der Waals surface area (Å²) in [7, 11) is 0. The fourth-order valence-corrected chi connectivity index (χ4v) is 3.05. The molecule has 2 aromatic rings. The number of piperidine rings is 1. The van der Waals surface area contributed by atoms with Gasteiger partial charge in [0.1, 0.15) is 6.54 Å². The number of amides is 1. The highest BCUT2D eigenvalue weighted by atomic mass is 19.4. The van der Waals surface area contributed by atoms with E-state index < -0.39 is 42.9 Å². The van der Waals surface area contributed by atoms with Gasteiger partial charge in [0, 0.05) is 24.7 Å². The molecule has 0 bridgehead atoms. The molecule has 2 heterocycles. The van der Waals surface area contributed by atoms with Gasteiger partial charge in [-0.15, -0.1) is 0 Å². The monoisotopic (exact) mass is 355 g/mol. The van der Waals surface area contributed by atoms with Crippen LogP contribution in [0.3, 0.4) is 0 Å². The van der Waals surface area contributed by atoms with E-state index in [-0.39, 0.29) is 13.1 Å². The third-order valence-electron chi connectivity index (χ3n) is 4.37. The normalized spacial score (nSPS) is 21.5. The average Bonchev–Trinajstić information content (AvgIpc) is 2.95. The molecule has 1 aliphatic heterocycles. The summed E-state index contributed by atoms with van der Waals surface area (Å²) in [5, 5.41) is 14.1. The Hall–Kier alpha value is -2.58. The van der Waals surface area contributed by atoms with Crippen LogP contribution in [0.15, 0.2) is 30.5 Å². The molecule has 0 saturated carbocycles. The number of hydrogen-bond acceptors (Lipinski definition) is 3. The summed E-state index contributed by atoms with van der Waals surface area (Å²) in [6, 6.07) is 7.17. The number of carbonyl (C=O) groups is 2. The minimum Gasteiger partial charge on any atom is -0.481 e. The molecule has 0 radical (unpaired) electrons. The van der Waals surface area contributed by atoms with Gasteiger partial charge in [0.2, 0.25) is 5.91 Å². The summed E-state index contributed by atoms with van der Waals surface area (Å²) < 4.78 is 40.5. The van der Waals surface area contributed by atoms with E-state index in [2.05, 4.69) is 5.10 Å². The fraction of sp³-hybridized carbons (Fsp3) is 0.438. The molecule has 0 spiro atoms. The van der Waals surface area contributed by atoms with Crippen molar-refractivity contribution in [3.05, 3.63) is 30.5 Å². The lowest BCUT2D eigenvalue weighted by Crippen LogP contribution is -2.50. The van der Waals surface area contributed by atoms with Crippen molar-refractivity contribution in [3.8, 4) is 0 Å². The second-order valence-corrected chi connectivity index (χ2v) is 6.19. The first kappa shape index (κ1) is 17.2. The Bertz CT molecular complexity index is 770. The minimum absolute atomic E-state index is 0.221. The van der Waals surface area contributed by atoms with Crippen LogP contribution >= 0.6 is 0 Å². The first-order valence-electron chi connectivity index (χ1n) is 7.73. The molecule has 9 heteroatoms. The maximum Gasteiger partial charge on any atom is 0.393 e. The molecule has 1 fully saturated rings. The number of rotatable bonds is 3. The van der Waals surface area contributed by atoms with Gasteiger partial charge in [-0.2, -0.15) is 18.3 Å². The van der Waals surface area contributed by atoms with Crippen molar-refractivity contribution in [1.29, 1.82) is 0 Å². The summed E-state index contributed by atoms with van der Waals surface area (Å²) in [5.74, 6) is -4.95. The van der Waals surface area contributed by atoms with Crippen LogP contribution < -0.4 is 0 Å². The second kappa shape index (κ2) is 6.38. The number of aromatic nitrogens is 2. The second-order valence-electron chi connectivity index (χ2n) is 6.19. The lowest BCUT2D eigenvalue weighted by molar-refractivity contribution is -0.195. The predicted molar refractivity (Wildman–Crippen MR) is 81.6 cm³/mol. The van der Waals surface area contributed by atoms with Gasteiger partial charge >= 0.3 is 12.1 Å². The number of hydrogen-bond donors (Lipinski definition) is 1. The van der Waals surface area contributed by atoms with E-state index in [4.69, 9.17) is 5.11 Å². The molecule has 1 aliphatic rings. The van der Waals surface area contributed by atoms with Gasteiger partial charge in [-0.05, 0) is 12.5 Å². The zero-order valence-electron chi connectivity index (χ0n) is 13.1. The van der Waals surface area contributed by atoms with Gasteiger partial charge in [-0.25, -0.2) is 0 Å². The fourth-order valence-electron chi connectivity index (χ4n) is 3.05. The van der Waals surface area contributed by atoms with E-state index in [0.29, 0.717) is 5.52 Å². The Morgan fingerprint density at radius 3 is 2.60 bits per heavy atom.